The molecule has 1 aromatic carbocycles. The van der Waals surface area contributed by atoms with Crippen LogP contribution in [-0.2, 0) is 14.4 Å². The van der Waals surface area contributed by atoms with Crippen molar-refractivity contribution in [2.75, 3.05) is 23.7 Å². The van der Waals surface area contributed by atoms with Crippen LogP contribution in [0.25, 0.3) is 0 Å². The molecule has 0 aliphatic carbocycles. The average molecular weight is 319 g/mol. The summed E-state index contributed by atoms with van der Waals surface area (Å²) in [6.07, 6.45) is 0.233. The van der Waals surface area contributed by atoms with Crippen LogP contribution >= 0.6 is 0 Å². The monoisotopic (exact) mass is 319 g/mol. The minimum Gasteiger partial charge on any atom is -0.342 e. The Morgan fingerprint density at radius 2 is 1.70 bits per heavy atom. The summed E-state index contributed by atoms with van der Waals surface area (Å²) in [5.41, 5.74) is 1.24. The van der Waals surface area contributed by atoms with Crippen LogP contribution in [0.2, 0.25) is 0 Å². The number of carbonyl (C=O) groups is 3. The Hall–Kier alpha value is -2.37. The van der Waals surface area contributed by atoms with Gasteiger partial charge >= 0.3 is 0 Å². The Morgan fingerprint density at radius 3 is 2.22 bits per heavy atom. The van der Waals surface area contributed by atoms with Crippen LogP contribution in [0.1, 0.15) is 34.1 Å². The minimum absolute atomic E-state index is 0.0286. The summed E-state index contributed by atoms with van der Waals surface area (Å²) in [5, 5.41) is 5.44. The molecule has 0 saturated heterocycles. The fourth-order valence-corrected chi connectivity index (χ4v) is 2.16. The molecule has 3 amide bonds. The summed E-state index contributed by atoms with van der Waals surface area (Å²) in [5.74, 6) is -0.00491. The summed E-state index contributed by atoms with van der Waals surface area (Å²) in [7, 11) is 0. The number of hydrogen-bond donors (Lipinski definition) is 2. The van der Waals surface area contributed by atoms with Gasteiger partial charge in [-0.2, -0.15) is 0 Å². The second-order valence-corrected chi connectivity index (χ2v) is 5.92. The third kappa shape index (κ3) is 7.44. The lowest BCUT2D eigenvalue weighted by molar-refractivity contribution is -0.129. The van der Waals surface area contributed by atoms with E-state index in [1.165, 1.54) is 13.8 Å². The summed E-state index contributed by atoms with van der Waals surface area (Å²) in [6, 6.07) is 6.94. The molecule has 0 spiro atoms. The maximum Gasteiger partial charge on any atom is 0.226 e. The van der Waals surface area contributed by atoms with Crippen molar-refractivity contribution in [3.63, 3.8) is 0 Å². The van der Waals surface area contributed by atoms with Crippen molar-refractivity contribution in [2.24, 2.45) is 5.92 Å². The molecule has 126 valence electrons. The van der Waals surface area contributed by atoms with Gasteiger partial charge < -0.3 is 15.5 Å². The van der Waals surface area contributed by atoms with Gasteiger partial charge in [0.05, 0.1) is 0 Å². The van der Waals surface area contributed by atoms with Gasteiger partial charge in [0.25, 0.3) is 0 Å². The molecule has 0 aliphatic heterocycles. The van der Waals surface area contributed by atoms with Gasteiger partial charge in [0.1, 0.15) is 0 Å². The van der Waals surface area contributed by atoms with Crippen LogP contribution in [0.15, 0.2) is 24.3 Å². The smallest absolute Gasteiger partial charge is 0.226 e. The molecule has 0 fully saturated rings. The lowest BCUT2D eigenvalue weighted by Crippen LogP contribution is -2.34. The second kappa shape index (κ2) is 8.92. The quantitative estimate of drug-likeness (QED) is 0.810. The van der Waals surface area contributed by atoms with E-state index in [1.807, 2.05) is 13.8 Å². The summed E-state index contributed by atoms with van der Waals surface area (Å²) in [6.45, 7) is 8.03. The maximum atomic E-state index is 12.0. The Labute approximate surface area is 137 Å². The van der Waals surface area contributed by atoms with Crippen LogP contribution in [0.3, 0.4) is 0 Å². The maximum absolute atomic E-state index is 12.0. The number of nitrogens with one attached hydrogen (secondary N) is 2. The highest BCUT2D eigenvalue weighted by molar-refractivity contribution is 5.93. The highest BCUT2D eigenvalue weighted by Gasteiger charge is 2.12. The highest BCUT2D eigenvalue weighted by atomic mass is 16.2. The van der Waals surface area contributed by atoms with Crippen molar-refractivity contribution in [2.45, 2.75) is 34.1 Å². The Balaban J connectivity index is 2.56. The first kappa shape index (κ1) is 18.7. The van der Waals surface area contributed by atoms with Crippen LogP contribution in [-0.4, -0.2) is 35.7 Å². The van der Waals surface area contributed by atoms with Crippen molar-refractivity contribution in [3.8, 4) is 0 Å². The molecular formula is C17H25N3O3. The van der Waals surface area contributed by atoms with Gasteiger partial charge in [0, 0.05) is 44.7 Å². The highest BCUT2D eigenvalue weighted by Crippen LogP contribution is 2.15. The van der Waals surface area contributed by atoms with Crippen molar-refractivity contribution >= 4 is 29.1 Å². The van der Waals surface area contributed by atoms with Crippen LogP contribution in [0.4, 0.5) is 11.4 Å². The molecule has 0 bridgehead atoms. The van der Waals surface area contributed by atoms with E-state index >= 15 is 0 Å². The van der Waals surface area contributed by atoms with Crippen molar-refractivity contribution < 1.29 is 14.4 Å². The fourth-order valence-electron chi connectivity index (χ4n) is 2.16. The number of amides is 3. The molecule has 23 heavy (non-hydrogen) atoms. The number of hydrogen-bond acceptors (Lipinski definition) is 3. The zero-order valence-corrected chi connectivity index (χ0v) is 14.2. The molecule has 0 aromatic heterocycles. The molecule has 0 heterocycles. The first-order chi connectivity index (χ1) is 10.8. The van der Waals surface area contributed by atoms with Crippen molar-refractivity contribution in [3.05, 3.63) is 24.3 Å². The largest absolute Gasteiger partial charge is 0.342 e. The Bertz CT molecular complexity index is 570. The van der Waals surface area contributed by atoms with Gasteiger partial charge in [-0.1, -0.05) is 19.9 Å². The number of nitrogens with zero attached hydrogens (tertiary/aromatic N) is 1. The molecule has 0 unspecified atom stereocenters. The summed E-state index contributed by atoms with van der Waals surface area (Å²) in [4.78, 5) is 36.3. The first-order valence-electron chi connectivity index (χ1n) is 7.71. The fraction of sp³-hybridized carbons (Fsp3) is 0.471. The number of benzene rings is 1. The lowest BCUT2D eigenvalue weighted by Gasteiger charge is -2.22. The predicted molar refractivity (Wildman–Crippen MR) is 91.1 cm³/mol. The summed E-state index contributed by atoms with van der Waals surface area (Å²) >= 11 is 0. The minimum atomic E-state index is -0.167. The molecular weight excluding hydrogens is 294 g/mol. The molecule has 1 aromatic rings. The van der Waals surface area contributed by atoms with Crippen LogP contribution in [0, 0.1) is 5.92 Å². The summed E-state index contributed by atoms with van der Waals surface area (Å²) < 4.78 is 0. The molecule has 0 aliphatic rings. The van der Waals surface area contributed by atoms with E-state index in [2.05, 4.69) is 10.6 Å². The van der Waals surface area contributed by atoms with Gasteiger partial charge in [0.15, 0.2) is 0 Å². The first-order valence-corrected chi connectivity index (χ1v) is 7.71. The second-order valence-electron chi connectivity index (χ2n) is 5.92. The van der Waals surface area contributed by atoms with Gasteiger partial charge in [0.2, 0.25) is 17.7 Å². The number of rotatable bonds is 7. The zero-order chi connectivity index (χ0) is 17.4. The van der Waals surface area contributed by atoms with Crippen LogP contribution < -0.4 is 10.6 Å². The Morgan fingerprint density at radius 1 is 1.09 bits per heavy atom. The van der Waals surface area contributed by atoms with Gasteiger partial charge in [-0.3, -0.25) is 14.4 Å². The molecule has 0 saturated carbocycles. The third-order valence-corrected chi connectivity index (χ3v) is 3.11. The molecule has 0 radical (unpaired) electrons. The van der Waals surface area contributed by atoms with Gasteiger partial charge in [-0.05, 0) is 24.1 Å². The van der Waals surface area contributed by atoms with Gasteiger partial charge in [-0.25, -0.2) is 0 Å². The standard InChI is InChI=1S/C17H25N3O3/c1-12(2)11-20(14(4)22)9-8-17(23)19-16-7-5-6-15(10-16)18-13(3)21/h5-7,10,12H,8-9,11H2,1-4H3,(H,18,21)(H,19,23). The SMILES string of the molecule is CC(=O)Nc1cccc(NC(=O)CCN(CC(C)C)C(C)=O)c1. The molecule has 2 N–H and O–H groups in total. The predicted octanol–water partition coefficient (Wildman–Crippen LogP) is 2.48. The van der Waals surface area contributed by atoms with Crippen LogP contribution in [0.5, 0.6) is 0 Å². The van der Waals surface area contributed by atoms with E-state index in [1.54, 1.807) is 29.2 Å². The normalized spacial score (nSPS) is 10.3. The van der Waals surface area contributed by atoms with Crippen molar-refractivity contribution in [1.29, 1.82) is 0 Å². The lowest BCUT2D eigenvalue weighted by atomic mass is 10.2. The van der Waals surface area contributed by atoms with E-state index in [-0.39, 0.29) is 24.1 Å². The molecule has 1 rings (SSSR count). The van der Waals surface area contributed by atoms with E-state index in [0.717, 1.165) is 0 Å². The average Bonchev–Trinajstić information content (AvgIpc) is 2.42. The zero-order valence-electron chi connectivity index (χ0n) is 14.2. The molecule has 6 heteroatoms. The van der Waals surface area contributed by atoms with Gasteiger partial charge in [-0.15, -0.1) is 0 Å². The van der Waals surface area contributed by atoms with E-state index in [0.29, 0.717) is 30.4 Å². The number of carbonyl (C=O) groups excluding carboxylic acids is 3. The molecule has 0 atom stereocenters. The molecule has 6 nitrogen and oxygen atoms in total. The third-order valence-electron chi connectivity index (χ3n) is 3.11. The van der Waals surface area contributed by atoms with Crippen molar-refractivity contribution in [1.82, 2.24) is 4.90 Å². The van der Waals surface area contributed by atoms with E-state index < -0.39 is 0 Å². The van der Waals surface area contributed by atoms with E-state index in [9.17, 15) is 14.4 Å². The Kier molecular flexibility index (Phi) is 7.25. The number of anilines is 2. The topological polar surface area (TPSA) is 78.5 Å². The van der Waals surface area contributed by atoms with E-state index in [4.69, 9.17) is 0 Å².